The van der Waals surface area contributed by atoms with E-state index >= 15 is 0 Å². The van der Waals surface area contributed by atoms with Crippen LogP contribution >= 0.6 is 0 Å². The van der Waals surface area contributed by atoms with E-state index in [-0.39, 0.29) is 0 Å². The van der Waals surface area contributed by atoms with Gasteiger partial charge in [0.15, 0.2) is 0 Å². The van der Waals surface area contributed by atoms with Gasteiger partial charge in [0.05, 0.1) is 0 Å². The Morgan fingerprint density at radius 2 is 1.62 bits per heavy atom. The fourth-order valence-corrected chi connectivity index (χ4v) is 6.16. The first kappa shape index (κ1) is 9.97. The van der Waals surface area contributed by atoms with Crippen molar-refractivity contribution in [3.63, 3.8) is 0 Å². The number of hydrogen-bond donors (Lipinski definition) is 0. The Kier molecular flexibility index (Phi) is 1.91. The lowest BCUT2D eigenvalue weighted by molar-refractivity contribution is -0.101. The van der Waals surface area contributed by atoms with Crippen LogP contribution in [0, 0.1) is 28.6 Å². The molecule has 4 aliphatic carbocycles. The fraction of sp³-hybridized carbons (Fsp3) is 1.00. The molecule has 90 valence electrons. The Labute approximate surface area is 100 Å². The zero-order valence-corrected chi connectivity index (χ0v) is 10.8. The van der Waals surface area contributed by atoms with E-state index in [0.717, 1.165) is 28.6 Å². The number of rotatable bonds is 1. The Balaban J connectivity index is 1.44. The van der Waals surface area contributed by atoms with Crippen molar-refractivity contribution in [1.82, 2.24) is 0 Å². The van der Waals surface area contributed by atoms with E-state index in [0.29, 0.717) is 0 Å². The van der Waals surface area contributed by atoms with Crippen LogP contribution in [0.1, 0.15) is 71.1 Å². The second-order valence-electron chi connectivity index (χ2n) is 7.90. The minimum atomic E-state index is 0.870. The smallest absolute Gasteiger partial charge is 0.0261 e. The molecule has 0 saturated heterocycles. The summed E-state index contributed by atoms with van der Waals surface area (Å²) in [5.74, 6) is 3.38. The first-order chi connectivity index (χ1) is 7.72. The SMILES string of the molecule is CC1CC2(CCCC2C2CC3(CCC3)C2)C1. The van der Waals surface area contributed by atoms with Gasteiger partial charge in [-0.3, -0.25) is 0 Å². The van der Waals surface area contributed by atoms with E-state index in [4.69, 9.17) is 0 Å². The van der Waals surface area contributed by atoms with E-state index in [1.54, 1.807) is 64.2 Å². The van der Waals surface area contributed by atoms with Crippen LogP contribution in [0.5, 0.6) is 0 Å². The maximum Gasteiger partial charge on any atom is -0.0261 e. The summed E-state index contributed by atoms with van der Waals surface area (Å²) in [4.78, 5) is 0. The average molecular weight is 218 g/mol. The summed E-state index contributed by atoms with van der Waals surface area (Å²) in [6, 6.07) is 0. The average Bonchev–Trinajstić information content (AvgIpc) is 2.43. The highest BCUT2D eigenvalue weighted by atomic mass is 14.6. The molecule has 0 N–H and O–H groups in total. The lowest BCUT2D eigenvalue weighted by Crippen LogP contribution is -2.50. The molecule has 0 radical (unpaired) electrons. The molecule has 2 spiro atoms. The summed E-state index contributed by atoms with van der Waals surface area (Å²) in [5, 5.41) is 0. The van der Waals surface area contributed by atoms with Gasteiger partial charge in [-0.2, -0.15) is 0 Å². The van der Waals surface area contributed by atoms with Crippen molar-refractivity contribution in [1.29, 1.82) is 0 Å². The highest BCUT2D eigenvalue weighted by molar-refractivity contribution is 5.08. The normalized spacial score (nSPS) is 44.1. The van der Waals surface area contributed by atoms with E-state index in [9.17, 15) is 0 Å². The highest BCUT2D eigenvalue weighted by Gasteiger charge is 2.58. The molecule has 1 unspecified atom stereocenters. The van der Waals surface area contributed by atoms with Gasteiger partial charge in [0, 0.05) is 0 Å². The topological polar surface area (TPSA) is 0 Å². The lowest BCUT2D eigenvalue weighted by atomic mass is 9.45. The van der Waals surface area contributed by atoms with Crippen LogP contribution in [0.2, 0.25) is 0 Å². The van der Waals surface area contributed by atoms with Gasteiger partial charge in [-0.05, 0) is 80.0 Å². The molecule has 4 rings (SSSR count). The molecule has 0 aromatic carbocycles. The standard InChI is InChI=1S/C16H26/c1-12-8-16(9-12)7-2-4-14(16)13-10-15(11-13)5-3-6-15/h12-14H,2-11H2,1H3. The van der Waals surface area contributed by atoms with Crippen LogP contribution in [0.4, 0.5) is 0 Å². The van der Waals surface area contributed by atoms with Crippen molar-refractivity contribution in [2.45, 2.75) is 71.1 Å². The van der Waals surface area contributed by atoms with Gasteiger partial charge in [0.2, 0.25) is 0 Å². The fourth-order valence-electron chi connectivity index (χ4n) is 6.16. The minimum Gasteiger partial charge on any atom is -0.0625 e. The summed E-state index contributed by atoms with van der Waals surface area (Å²) in [6.45, 7) is 2.47. The molecule has 16 heavy (non-hydrogen) atoms. The Morgan fingerprint density at radius 3 is 2.19 bits per heavy atom. The van der Waals surface area contributed by atoms with Crippen molar-refractivity contribution < 1.29 is 0 Å². The first-order valence-electron chi connectivity index (χ1n) is 7.72. The molecule has 0 bridgehead atoms. The van der Waals surface area contributed by atoms with Gasteiger partial charge in [-0.25, -0.2) is 0 Å². The lowest BCUT2D eigenvalue weighted by Gasteiger charge is -2.60. The molecule has 0 aliphatic heterocycles. The van der Waals surface area contributed by atoms with Crippen LogP contribution in [0.25, 0.3) is 0 Å². The van der Waals surface area contributed by atoms with Gasteiger partial charge >= 0.3 is 0 Å². The molecular weight excluding hydrogens is 192 g/mol. The summed E-state index contributed by atoms with van der Waals surface area (Å²) in [6.07, 6.45) is 15.9. The van der Waals surface area contributed by atoms with Crippen LogP contribution in [-0.4, -0.2) is 0 Å². The summed E-state index contributed by atoms with van der Waals surface area (Å²) in [7, 11) is 0. The zero-order valence-electron chi connectivity index (χ0n) is 10.8. The van der Waals surface area contributed by atoms with Crippen LogP contribution in [-0.2, 0) is 0 Å². The molecule has 4 aliphatic rings. The predicted molar refractivity (Wildman–Crippen MR) is 67.2 cm³/mol. The molecular formula is C16H26. The molecule has 0 nitrogen and oxygen atoms in total. The molecule has 0 amide bonds. The van der Waals surface area contributed by atoms with Crippen LogP contribution < -0.4 is 0 Å². The second kappa shape index (κ2) is 3.06. The number of hydrogen-bond acceptors (Lipinski definition) is 0. The van der Waals surface area contributed by atoms with E-state index in [2.05, 4.69) is 6.92 Å². The van der Waals surface area contributed by atoms with Crippen LogP contribution in [0.15, 0.2) is 0 Å². The molecule has 0 aromatic rings. The third-order valence-corrected chi connectivity index (χ3v) is 6.86. The summed E-state index contributed by atoms with van der Waals surface area (Å²) < 4.78 is 0. The Hall–Kier alpha value is 0. The molecule has 0 heteroatoms. The molecule has 0 heterocycles. The monoisotopic (exact) mass is 218 g/mol. The van der Waals surface area contributed by atoms with Crippen molar-refractivity contribution in [3.8, 4) is 0 Å². The Morgan fingerprint density at radius 1 is 0.875 bits per heavy atom. The summed E-state index contributed by atoms with van der Waals surface area (Å²) in [5.41, 5.74) is 1.78. The van der Waals surface area contributed by atoms with Crippen molar-refractivity contribution in [2.24, 2.45) is 28.6 Å². The van der Waals surface area contributed by atoms with E-state index < -0.39 is 0 Å². The van der Waals surface area contributed by atoms with E-state index in [1.807, 2.05) is 0 Å². The zero-order chi connectivity index (χ0) is 10.8. The maximum absolute atomic E-state index is 2.47. The maximum atomic E-state index is 2.47. The van der Waals surface area contributed by atoms with Crippen LogP contribution in [0.3, 0.4) is 0 Å². The Bertz CT molecular complexity index is 285. The summed E-state index contributed by atoms with van der Waals surface area (Å²) >= 11 is 0. The first-order valence-corrected chi connectivity index (χ1v) is 7.72. The van der Waals surface area contributed by atoms with Crippen molar-refractivity contribution in [2.75, 3.05) is 0 Å². The third-order valence-electron chi connectivity index (χ3n) is 6.86. The molecule has 0 aromatic heterocycles. The largest absolute Gasteiger partial charge is 0.0625 e. The molecule has 1 atom stereocenters. The van der Waals surface area contributed by atoms with Gasteiger partial charge in [0.1, 0.15) is 0 Å². The van der Waals surface area contributed by atoms with Gasteiger partial charge in [0.25, 0.3) is 0 Å². The molecule has 4 fully saturated rings. The third kappa shape index (κ3) is 1.17. The van der Waals surface area contributed by atoms with Crippen molar-refractivity contribution in [3.05, 3.63) is 0 Å². The highest BCUT2D eigenvalue weighted by Crippen LogP contribution is 2.68. The molecule has 4 saturated carbocycles. The second-order valence-corrected chi connectivity index (χ2v) is 7.90. The predicted octanol–water partition coefficient (Wildman–Crippen LogP) is 4.78. The van der Waals surface area contributed by atoms with E-state index in [1.165, 1.54) is 0 Å². The van der Waals surface area contributed by atoms with Gasteiger partial charge in [-0.15, -0.1) is 0 Å². The minimum absolute atomic E-state index is 0.870. The van der Waals surface area contributed by atoms with Gasteiger partial charge in [-0.1, -0.05) is 19.8 Å². The quantitative estimate of drug-likeness (QED) is 0.594. The van der Waals surface area contributed by atoms with Gasteiger partial charge < -0.3 is 0 Å². The van der Waals surface area contributed by atoms with Crippen molar-refractivity contribution >= 4 is 0 Å².